The molecule has 5 heteroatoms. The maximum absolute atomic E-state index is 13.6. The number of ether oxygens (including phenoxy) is 1. The summed E-state index contributed by atoms with van der Waals surface area (Å²) in [5.74, 6) is -3.94. The zero-order valence-electron chi connectivity index (χ0n) is 11.1. The van der Waals surface area contributed by atoms with Gasteiger partial charge in [0, 0.05) is 5.56 Å². The van der Waals surface area contributed by atoms with Crippen molar-refractivity contribution >= 4 is 11.8 Å². The first-order chi connectivity index (χ1) is 8.88. The highest BCUT2D eigenvalue weighted by atomic mass is 19.1. The molecule has 0 radical (unpaired) electrons. The van der Waals surface area contributed by atoms with Crippen molar-refractivity contribution in [3.63, 3.8) is 0 Å². The van der Waals surface area contributed by atoms with E-state index in [1.54, 1.807) is 20.8 Å². The Labute approximate surface area is 111 Å². The largest absolute Gasteiger partial charge is 0.491 e. The first-order valence-electron chi connectivity index (χ1n) is 6.07. The number of carboxylic acid groups (broad SMARTS) is 1. The number of hydrogen-bond acceptors (Lipinski definition) is 3. The molecule has 0 saturated carbocycles. The van der Waals surface area contributed by atoms with Crippen LogP contribution in [0.15, 0.2) is 18.2 Å². The van der Waals surface area contributed by atoms with Crippen LogP contribution in [0.2, 0.25) is 0 Å². The maximum Gasteiger partial charge on any atom is 0.314 e. The van der Waals surface area contributed by atoms with E-state index in [0.29, 0.717) is 6.61 Å². The van der Waals surface area contributed by atoms with Gasteiger partial charge < -0.3 is 9.84 Å². The molecule has 0 aliphatic rings. The highest BCUT2D eigenvalue weighted by Gasteiger charge is 2.30. The van der Waals surface area contributed by atoms with Gasteiger partial charge in [0.15, 0.2) is 17.3 Å². The molecule has 1 unspecified atom stereocenters. The van der Waals surface area contributed by atoms with E-state index in [-0.39, 0.29) is 17.2 Å². The summed E-state index contributed by atoms with van der Waals surface area (Å²) in [6.07, 6.45) is 0. The molecule has 19 heavy (non-hydrogen) atoms. The molecule has 0 aliphatic carbocycles. The van der Waals surface area contributed by atoms with Crippen molar-refractivity contribution in [2.45, 2.75) is 20.8 Å². The molecule has 0 saturated heterocycles. The van der Waals surface area contributed by atoms with Crippen LogP contribution in [0.3, 0.4) is 0 Å². The number of hydrogen-bond donors (Lipinski definition) is 1. The predicted molar refractivity (Wildman–Crippen MR) is 67.9 cm³/mol. The summed E-state index contributed by atoms with van der Waals surface area (Å²) >= 11 is 0. The van der Waals surface area contributed by atoms with E-state index in [9.17, 15) is 14.0 Å². The van der Waals surface area contributed by atoms with Crippen LogP contribution >= 0.6 is 0 Å². The molecule has 0 spiro atoms. The lowest BCUT2D eigenvalue weighted by Gasteiger charge is -2.15. The number of aliphatic carboxylic acids is 1. The molecule has 1 rings (SSSR count). The van der Waals surface area contributed by atoms with Crippen LogP contribution in [-0.4, -0.2) is 23.5 Å². The van der Waals surface area contributed by atoms with Crippen molar-refractivity contribution in [3.05, 3.63) is 29.6 Å². The minimum absolute atomic E-state index is 0.0436. The summed E-state index contributed by atoms with van der Waals surface area (Å²) in [5, 5.41) is 9.04. The fourth-order valence-electron chi connectivity index (χ4n) is 1.81. The number of carboxylic acids is 1. The van der Waals surface area contributed by atoms with Crippen molar-refractivity contribution in [2.75, 3.05) is 6.61 Å². The van der Waals surface area contributed by atoms with E-state index in [0.717, 1.165) is 6.07 Å². The number of ketones is 1. The fourth-order valence-corrected chi connectivity index (χ4v) is 1.81. The molecule has 0 heterocycles. The van der Waals surface area contributed by atoms with Crippen molar-refractivity contribution in [3.8, 4) is 5.75 Å². The lowest BCUT2D eigenvalue weighted by Crippen LogP contribution is -2.28. The van der Waals surface area contributed by atoms with E-state index in [2.05, 4.69) is 0 Å². The Bertz CT molecular complexity index is 482. The third kappa shape index (κ3) is 3.53. The van der Waals surface area contributed by atoms with Crippen molar-refractivity contribution in [2.24, 2.45) is 11.8 Å². The highest BCUT2D eigenvalue weighted by molar-refractivity contribution is 6.08. The fraction of sp³-hybridized carbons (Fsp3) is 0.429. The first-order valence-corrected chi connectivity index (χ1v) is 6.07. The third-order valence-electron chi connectivity index (χ3n) is 2.73. The topological polar surface area (TPSA) is 63.6 Å². The van der Waals surface area contributed by atoms with E-state index >= 15 is 0 Å². The van der Waals surface area contributed by atoms with Gasteiger partial charge in [0.25, 0.3) is 0 Å². The molecule has 1 aromatic rings. The zero-order chi connectivity index (χ0) is 14.6. The average Bonchev–Trinajstić information content (AvgIpc) is 2.30. The van der Waals surface area contributed by atoms with Crippen molar-refractivity contribution in [1.82, 2.24) is 0 Å². The number of carbonyl (C=O) groups excluding carboxylic acids is 1. The average molecular weight is 268 g/mol. The molecule has 0 fully saturated rings. The Morgan fingerprint density at radius 1 is 1.37 bits per heavy atom. The van der Waals surface area contributed by atoms with Gasteiger partial charge in [-0.15, -0.1) is 0 Å². The van der Waals surface area contributed by atoms with Crippen LogP contribution in [0, 0.1) is 17.7 Å². The Morgan fingerprint density at radius 3 is 2.42 bits per heavy atom. The zero-order valence-corrected chi connectivity index (χ0v) is 11.1. The van der Waals surface area contributed by atoms with Crippen LogP contribution in [0.1, 0.15) is 31.1 Å². The van der Waals surface area contributed by atoms with Gasteiger partial charge in [-0.2, -0.15) is 0 Å². The molecule has 0 aliphatic heterocycles. The molecule has 0 bridgehead atoms. The summed E-state index contributed by atoms with van der Waals surface area (Å²) in [6, 6.07) is 3.74. The molecule has 1 aromatic carbocycles. The van der Waals surface area contributed by atoms with Crippen LogP contribution in [0.5, 0.6) is 5.75 Å². The number of halogens is 1. The van der Waals surface area contributed by atoms with Gasteiger partial charge in [0.1, 0.15) is 5.92 Å². The van der Waals surface area contributed by atoms with Crippen LogP contribution in [0.25, 0.3) is 0 Å². The third-order valence-corrected chi connectivity index (χ3v) is 2.73. The quantitative estimate of drug-likeness (QED) is 0.636. The molecule has 1 N–H and O–H groups in total. The molecule has 104 valence electrons. The maximum atomic E-state index is 13.6. The first kappa shape index (κ1) is 15.1. The summed E-state index contributed by atoms with van der Waals surface area (Å²) in [6.45, 7) is 5.31. The summed E-state index contributed by atoms with van der Waals surface area (Å²) in [5.41, 5.74) is 0.0436. The molecule has 1 atom stereocenters. The second-order valence-corrected chi connectivity index (χ2v) is 4.50. The van der Waals surface area contributed by atoms with Gasteiger partial charge in [-0.3, -0.25) is 9.59 Å². The monoisotopic (exact) mass is 268 g/mol. The van der Waals surface area contributed by atoms with E-state index in [4.69, 9.17) is 9.84 Å². The summed E-state index contributed by atoms with van der Waals surface area (Å²) in [4.78, 5) is 23.1. The van der Waals surface area contributed by atoms with E-state index < -0.39 is 23.5 Å². The Balaban J connectivity index is 3.06. The summed E-state index contributed by atoms with van der Waals surface area (Å²) in [7, 11) is 0. The van der Waals surface area contributed by atoms with Gasteiger partial charge in [0.05, 0.1) is 6.61 Å². The number of rotatable bonds is 6. The van der Waals surface area contributed by atoms with E-state index in [1.165, 1.54) is 12.1 Å². The minimum atomic E-state index is -1.20. The number of carbonyl (C=O) groups is 2. The Hall–Kier alpha value is -1.91. The Morgan fingerprint density at radius 2 is 2.00 bits per heavy atom. The highest BCUT2D eigenvalue weighted by Crippen LogP contribution is 2.23. The smallest absolute Gasteiger partial charge is 0.314 e. The predicted octanol–water partition coefficient (Wildman–Crippen LogP) is 2.76. The van der Waals surface area contributed by atoms with Crippen molar-refractivity contribution < 1.29 is 23.8 Å². The lowest BCUT2D eigenvalue weighted by atomic mass is 9.88. The van der Waals surface area contributed by atoms with Crippen LogP contribution < -0.4 is 4.74 Å². The standard InChI is InChI=1S/C14H17FO4/c1-4-19-11-6-5-9(7-10(11)15)13(16)12(8(2)3)14(17)18/h5-8,12H,4H2,1-3H3,(H,17,18). The second kappa shape index (κ2) is 6.31. The van der Waals surface area contributed by atoms with Gasteiger partial charge >= 0.3 is 5.97 Å². The lowest BCUT2D eigenvalue weighted by molar-refractivity contribution is -0.141. The molecule has 0 amide bonds. The van der Waals surface area contributed by atoms with Gasteiger partial charge in [-0.1, -0.05) is 13.8 Å². The van der Waals surface area contributed by atoms with Gasteiger partial charge in [0.2, 0.25) is 0 Å². The summed E-state index contributed by atoms with van der Waals surface area (Å²) < 4.78 is 18.7. The van der Waals surface area contributed by atoms with Gasteiger partial charge in [-0.05, 0) is 31.0 Å². The Kier molecular flexibility index (Phi) is 5.03. The number of Topliss-reactive ketones (excluding diaryl/α,β-unsaturated/α-hetero) is 1. The second-order valence-electron chi connectivity index (χ2n) is 4.50. The van der Waals surface area contributed by atoms with E-state index in [1.807, 2.05) is 0 Å². The SMILES string of the molecule is CCOc1ccc(C(=O)C(C(=O)O)C(C)C)cc1F. The minimum Gasteiger partial charge on any atom is -0.491 e. The van der Waals surface area contributed by atoms with Crippen LogP contribution in [0.4, 0.5) is 4.39 Å². The van der Waals surface area contributed by atoms with Crippen LogP contribution in [-0.2, 0) is 4.79 Å². The number of benzene rings is 1. The normalized spacial score (nSPS) is 12.3. The molecular formula is C14H17FO4. The molecule has 4 nitrogen and oxygen atoms in total. The molecule has 0 aromatic heterocycles. The molecular weight excluding hydrogens is 251 g/mol. The van der Waals surface area contributed by atoms with Gasteiger partial charge in [-0.25, -0.2) is 4.39 Å². The van der Waals surface area contributed by atoms with Crippen molar-refractivity contribution in [1.29, 1.82) is 0 Å².